The first-order valence-electron chi connectivity index (χ1n) is 24.5. The van der Waals surface area contributed by atoms with Gasteiger partial charge in [-0.15, -0.1) is 0 Å². The molecule has 7 N–H and O–H groups in total. The van der Waals surface area contributed by atoms with E-state index in [-0.39, 0.29) is 6.61 Å². The Balaban J connectivity index is 2.36. The second kappa shape index (κ2) is 38.8. The van der Waals surface area contributed by atoms with Crippen molar-refractivity contribution in [2.45, 2.75) is 275 Å². The van der Waals surface area contributed by atoms with E-state index in [0.29, 0.717) is 12.8 Å². The van der Waals surface area contributed by atoms with Crippen molar-refractivity contribution in [3.8, 4) is 0 Å². The van der Waals surface area contributed by atoms with Crippen LogP contribution in [0.5, 0.6) is 0 Å². The molecule has 1 fully saturated rings. The molecule has 1 amide bonds. The predicted octanol–water partition coefficient (Wildman–Crippen LogP) is 9.48. The fourth-order valence-corrected chi connectivity index (χ4v) is 7.93. The molecule has 0 aromatic rings. The Labute approximate surface area is 355 Å². The van der Waals surface area contributed by atoms with Crippen LogP contribution in [-0.4, -0.2) is 98.7 Å². The van der Waals surface area contributed by atoms with Gasteiger partial charge in [0.15, 0.2) is 6.29 Å². The van der Waals surface area contributed by atoms with Crippen molar-refractivity contribution in [3.63, 3.8) is 0 Å². The summed E-state index contributed by atoms with van der Waals surface area (Å²) in [6, 6.07) is -0.893. The first-order chi connectivity index (χ1) is 28.3. The molecule has 1 heterocycles. The number of aliphatic hydroxyl groups is 6. The minimum absolute atomic E-state index is 0.254. The first-order valence-corrected chi connectivity index (χ1v) is 24.5. The minimum atomic E-state index is -1.60. The maximum atomic E-state index is 13.1. The Hall–Kier alpha value is -1.11. The van der Waals surface area contributed by atoms with Crippen molar-refractivity contribution >= 4 is 5.91 Å². The summed E-state index contributed by atoms with van der Waals surface area (Å²) in [6.45, 7) is 3.67. The summed E-state index contributed by atoms with van der Waals surface area (Å²) in [6.07, 6.45) is 33.9. The molecule has 0 saturated carbocycles. The third-order valence-electron chi connectivity index (χ3n) is 12.0. The van der Waals surface area contributed by atoms with E-state index in [2.05, 4.69) is 31.3 Å². The maximum Gasteiger partial charge on any atom is 0.249 e. The number of rotatable bonds is 41. The zero-order valence-corrected chi connectivity index (χ0v) is 37.4. The first kappa shape index (κ1) is 54.9. The molecule has 10 heteroatoms. The van der Waals surface area contributed by atoms with Crippen molar-refractivity contribution < 1.29 is 44.9 Å². The predicted molar refractivity (Wildman–Crippen MR) is 237 cm³/mol. The normalized spacial score (nSPS) is 21.4. The lowest BCUT2D eigenvalue weighted by atomic mass is 9.99. The zero-order valence-electron chi connectivity index (χ0n) is 37.4. The lowest BCUT2D eigenvalue weighted by molar-refractivity contribution is -0.302. The van der Waals surface area contributed by atoms with Gasteiger partial charge in [-0.05, 0) is 38.5 Å². The number of nitrogens with one attached hydrogen (secondary N) is 1. The summed E-state index contributed by atoms with van der Waals surface area (Å²) in [5.74, 6) is -0.586. The van der Waals surface area contributed by atoms with E-state index < -0.39 is 61.5 Å². The molecule has 0 aromatic heterocycles. The number of allylic oxidation sites excluding steroid dienone is 2. The summed E-state index contributed by atoms with van der Waals surface area (Å²) in [5, 5.41) is 64.9. The van der Waals surface area contributed by atoms with Gasteiger partial charge in [0.05, 0.1) is 25.4 Å². The third-order valence-corrected chi connectivity index (χ3v) is 12.0. The number of hydrogen-bond acceptors (Lipinski definition) is 9. The molecule has 0 aromatic carbocycles. The maximum absolute atomic E-state index is 13.1. The molecule has 0 bridgehead atoms. The molecule has 8 unspecified atom stereocenters. The van der Waals surface area contributed by atoms with Gasteiger partial charge in [0.2, 0.25) is 5.91 Å². The van der Waals surface area contributed by atoms with E-state index in [4.69, 9.17) is 9.47 Å². The molecule has 1 rings (SSSR count). The molecule has 0 spiro atoms. The zero-order chi connectivity index (χ0) is 42.5. The summed E-state index contributed by atoms with van der Waals surface area (Å²) in [4.78, 5) is 13.1. The Morgan fingerprint density at radius 3 is 1.40 bits per heavy atom. The highest BCUT2D eigenvalue weighted by molar-refractivity contribution is 5.80. The van der Waals surface area contributed by atoms with Crippen molar-refractivity contribution in [3.05, 3.63) is 12.2 Å². The van der Waals surface area contributed by atoms with Crippen LogP contribution in [0.2, 0.25) is 0 Å². The van der Waals surface area contributed by atoms with Gasteiger partial charge in [-0.2, -0.15) is 0 Å². The van der Waals surface area contributed by atoms with Crippen LogP contribution in [0.3, 0.4) is 0 Å². The van der Waals surface area contributed by atoms with Crippen LogP contribution in [0.15, 0.2) is 12.2 Å². The van der Waals surface area contributed by atoms with Crippen molar-refractivity contribution in [2.75, 3.05) is 13.2 Å². The summed E-state index contributed by atoms with van der Waals surface area (Å²) < 4.78 is 11.2. The van der Waals surface area contributed by atoms with Gasteiger partial charge in [-0.3, -0.25) is 4.79 Å². The second-order valence-corrected chi connectivity index (χ2v) is 17.4. The average molecular weight is 828 g/mol. The largest absolute Gasteiger partial charge is 0.394 e. The molecule has 344 valence electrons. The van der Waals surface area contributed by atoms with Gasteiger partial charge in [-0.1, -0.05) is 199 Å². The highest BCUT2D eigenvalue weighted by atomic mass is 16.7. The highest BCUT2D eigenvalue weighted by Crippen LogP contribution is 2.23. The molecular weight excluding hydrogens is 735 g/mol. The number of carbonyl (C=O) groups excluding carboxylic acids is 1. The highest BCUT2D eigenvalue weighted by Gasteiger charge is 2.44. The van der Waals surface area contributed by atoms with E-state index >= 15 is 0 Å². The van der Waals surface area contributed by atoms with E-state index in [9.17, 15) is 35.4 Å². The van der Waals surface area contributed by atoms with Crippen LogP contribution in [0, 0.1) is 0 Å². The van der Waals surface area contributed by atoms with Gasteiger partial charge < -0.3 is 45.4 Å². The SMILES string of the molecule is CCCCCCCC/C=C\CCCCCCCCC(O)C(=O)NC(COC1OC(CO)C(O)C(O)C1O)C(O)CCCCCCCCCCCCCCCCCCC. The third kappa shape index (κ3) is 28.4. The quantitative estimate of drug-likeness (QED) is 0.0235. The standard InChI is InChI=1S/C48H93NO9/c1-3-5-7-9-11-13-15-17-19-21-23-24-26-28-30-32-34-36-41(51)40(39-57-48-46(55)45(54)44(53)43(38-50)58-48)49-47(56)42(52)37-35-33-31-29-27-25-22-20-18-16-14-12-10-8-6-4-2/h18,20,40-46,48,50-55H,3-17,19,21-39H2,1-2H3,(H,49,56)/b20-18-. The lowest BCUT2D eigenvalue weighted by Crippen LogP contribution is -2.60. The van der Waals surface area contributed by atoms with Crippen LogP contribution >= 0.6 is 0 Å². The fraction of sp³-hybridized carbons (Fsp3) is 0.938. The van der Waals surface area contributed by atoms with Crippen molar-refractivity contribution in [1.82, 2.24) is 5.32 Å². The van der Waals surface area contributed by atoms with Crippen LogP contribution in [0.25, 0.3) is 0 Å². The van der Waals surface area contributed by atoms with E-state index in [1.807, 2.05) is 0 Å². The monoisotopic (exact) mass is 828 g/mol. The Kier molecular flexibility index (Phi) is 36.7. The van der Waals surface area contributed by atoms with Crippen molar-refractivity contribution in [2.24, 2.45) is 0 Å². The molecule has 8 atom stereocenters. The molecule has 0 radical (unpaired) electrons. The molecule has 1 saturated heterocycles. The Bertz CT molecular complexity index is 937. The van der Waals surface area contributed by atoms with Gasteiger partial charge in [0.1, 0.15) is 30.5 Å². The molecule has 1 aliphatic rings. The average Bonchev–Trinajstić information content (AvgIpc) is 3.22. The number of ether oxygens (including phenoxy) is 2. The lowest BCUT2D eigenvalue weighted by Gasteiger charge is -2.40. The molecule has 10 nitrogen and oxygen atoms in total. The Morgan fingerprint density at radius 1 is 0.569 bits per heavy atom. The number of hydrogen-bond donors (Lipinski definition) is 7. The van der Waals surface area contributed by atoms with Gasteiger partial charge in [-0.25, -0.2) is 0 Å². The topological polar surface area (TPSA) is 169 Å². The second-order valence-electron chi connectivity index (χ2n) is 17.4. The number of aliphatic hydroxyl groups excluding tert-OH is 6. The van der Waals surface area contributed by atoms with Gasteiger partial charge >= 0.3 is 0 Å². The molecule has 0 aliphatic carbocycles. The van der Waals surface area contributed by atoms with Crippen molar-refractivity contribution in [1.29, 1.82) is 0 Å². The van der Waals surface area contributed by atoms with Crippen LogP contribution < -0.4 is 5.32 Å². The van der Waals surface area contributed by atoms with Crippen LogP contribution in [0.4, 0.5) is 0 Å². The summed E-state index contributed by atoms with van der Waals surface area (Å²) >= 11 is 0. The van der Waals surface area contributed by atoms with E-state index in [1.165, 1.54) is 141 Å². The summed E-state index contributed by atoms with van der Waals surface area (Å²) in [7, 11) is 0. The van der Waals surface area contributed by atoms with Gasteiger partial charge in [0.25, 0.3) is 0 Å². The minimum Gasteiger partial charge on any atom is -0.394 e. The van der Waals surface area contributed by atoms with E-state index in [0.717, 1.165) is 57.8 Å². The number of unbranched alkanes of at least 4 members (excludes halogenated alkanes) is 28. The summed E-state index contributed by atoms with van der Waals surface area (Å²) in [5.41, 5.74) is 0. The van der Waals surface area contributed by atoms with Crippen LogP contribution in [0.1, 0.15) is 226 Å². The number of amides is 1. The fourth-order valence-electron chi connectivity index (χ4n) is 7.93. The Morgan fingerprint density at radius 2 is 0.966 bits per heavy atom. The molecule has 1 aliphatic heterocycles. The molecular formula is C48H93NO9. The van der Waals surface area contributed by atoms with Gasteiger partial charge in [0, 0.05) is 0 Å². The van der Waals surface area contributed by atoms with Crippen LogP contribution in [-0.2, 0) is 14.3 Å². The number of carbonyl (C=O) groups is 1. The van der Waals surface area contributed by atoms with E-state index in [1.54, 1.807) is 0 Å². The smallest absolute Gasteiger partial charge is 0.249 e. The molecule has 58 heavy (non-hydrogen) atoms.